The molecule has 0 N–H and O–H groups in total. The van der Waals surface area contributed by atoms with Crippen LogP contribution in [-0.4, -0.2) is 31.5 Å². The maximum Gasteiger partial charge on any atom is 0.209 e. The Labute approximate surface area is 129 Å². The van der Waals surface area contributed by atoms with Crippen molar-refractivity contribution in [2.75, 3.05) is 20.2 Å². The number of hydrogen-bond acceptors (Lipinski definition) is 2. The minimum Gasteiger partial charge on any atom is -0.496 e. The third-order valence-corrected chi connectivity index (χ3v) is 3.09. The summed E-state index contributed by atoms with van der Waals surface area (Å²) in [6.07, 6.45) is 6.06. The number of amides is 1. The van der Waals surface area contributed by atoms with Crippen molar-refractivity contribution in [2.45, 2.75) is 40.0 Å². The highest BCUT2D eigenvalue weighted by Crippen LogP contribution is 2.19. The summed E-state index contributed by atoms with van der Waals surface area (Å²) >= 11 is 0. The van der Waals surface area contributed by atoms with Crippen LogP contribution in [0.2, 0.25) is 0 Å². The maximum absolute atomic E-state index is 9.93. The summed E-state index contributed by atoms with van der Waals surface area (Å²) in [6, 6.07) is 6.17. The van der Waals surface area contributed by atoms with E-state index in [0.717, 1.165) is 31.7 Å². The molecule has 0 aromatic heterocycles. The molecule has 1 amide bonds. The lowest BCUT2D eigenvalue weighted by Crippen LogP contribution is -2.15. The normalized spacial score (nSPS) is 12.5. The number of carbonyl (C=O) groups is 1. The quantitative estimate of drug-likeness (QED) is 0.620. The molecular formula is C18H29NO2. The summed E-state index contributed by atoms with van der Waals surface area (Å²) in [5.41, 5.74) is 2.46. The zero-order chi connectivity index (χ0) is 16.1. The van der Waals surface area contributed by atoms with Crippen LogP contribution < -0.4 is 4.74 Å². The third-order valence-electron chi connectivity index (χ3n) is 3.09. The van der Waals surface area contributed by atoms with E-state index in [-0.39, 0.29) is 0 Å². The number of ether oxygens (including phenoxy) is 1. The van der Waals surface area contributed by atoms with Gasteiger partial charge in [-0.05, 0) is 37.8 Å². The summed E-state index contributed by atoms with van der Waals surface area (Å²) < 4.78 is 5.21. The standard InChI is InChI=1S/C11H14O.C5H9NO.C2H6/c1-4-5-10-8-9(2)6-7-11(10)12-3;7-5-6-3-1-2-4-6;1-2/h4,6-8H,1,5H2,2-3H3;5H,1-4H2;1-2H3. The zero-order valence-corrected chi connectivity index (χ0v) is 13.9. The Kier molecular flexibility index (Phi) is 11.0. The molecule has 1 aromatic carbocycles. The van der Waals surface area contributed by atoms with Crippen molar-refractivity contribution in [3.05, 3.63) is 42.0 Å². The van der Waals surface area contributed by atoms with Crippen molar-refractivity contribution in [3.8, 4) is 5.75 Å². The molecule has 2 rings (SSSR count). The second kappa shape index (κ2) is 12.0. The molecule has 21 heavy (non-hydrogen) atoms. The molecule has 118 valence electrons. The van der Waals surface area contributed by atoms with Crippen LogP contribution in [0.1, 0.15) is 37.8 Å². The monoisotopic (exact) mass is 291 g/mol. The number of allylic oxidation sites excluding steroid dienone is 1. The maximum atomic E-state index is 9.93. The molecule has 1 fully saturated rings. The molecule has 3 heteroatoms. The molecule has 0 atom stereocenters. The van der Waals surface area contributed by atoms with Gasteiger partial charge in [0.1, 0.15) is 5.75 Å². The molecule has 0 radical (unpaired) electrons. The molecule has 1 aliphatic heterocycles. The second-order valence-electron chi connectivity index (χ2n) is 4.66. The molecule has 0 bridgehead atoms. The highest BCUT2D eigenvalue weighted by Gasteiger charge is 2.06. The topological polar surface area (TPSA) is 29.5 Å². The van der Waals surface area contributed by atoms with Gasteiger partial charge in [0.15, 0.2) is 0 Å². The van der Waals surface area contributed by atoms with E-state index in [1.807, 2.05) is 32.1 Å². The van der Waals surface area contributed by atoms with Crippen LogP contribution in [0.15, 0.2) is 30.9 Å². The van der Waals surface area contributed by atoms with Crippen molar-refractivity contribution in [3.63, 3.8) is 0 Å². The Hall–Kier alpha value is -1.77. The number of likely N-dealkylation sites (tertiary alicyclic amines) is 1. The van der Waals surface area contributed by atoms with E-state index in [1.54, 1.807) is 12.0 Å². The van der Waals surface area contributed by atoms with Crippen LogP contribution in [-0.2, 0) is 11.2 Å². The van der Waals surface area contributed by atoms with Crippen LogP contribution in [0.5, 0.6) is 5.75 Å². The SMILES string of the molecule is C=CCc1cc(C)ccc1OC.CC.O=CN1CCCC1. The van der Waals surface area contributed by atoms with Gasteiger partial charge in [-0.1, -0.05) is 37.6 Å². The minimum absolute atomic E-state index is 0.866. The van der Waals surface area contributed by atoms with Crippen molar-refractivity contribution >= 4 is 6.41 Å². The molecule has 1 aromatic rings. The zero-order valence-electron chi connectivity index (χ0n) is 13.9. The molecule has 1 heterocycles. The first kappa shape index (κ1) is 19.2. The first-order valence-corrected chi connectivity index (χ1v) is 7.65. The number of methoxy groups -OCH3 is 1. The molecule has 1 aliphatic rings. The smallest absolute Gasteiger partial charge is 0.209 e. The van der Waals surface area contributed by atoms with Crippen LogP contribution in [0.4, 0.5) is 0 Å². The number of rotatable bonds is 4. The van der Waals surface area contributed by atoms with Gasteiger partial charge in [0.2, 0.25) is 6.41 Å². The fourth-order valence-electron chi connectivity index (χ4n) is 2.07. The summed E-state index contributed by atoms with van der Waals surface area (Å²) in [5.74, 6) is 0.945. The Bertz CT molecular complexity index is 410. The minimum atomic E-state index is 0.866. The van der Waals surface area contributed by atoms with E-state index in [1.165, 1.54) is 24.0 Å². The molecule has 0 spiro atoms. The lowest BCUT2D eigenvalue weighted by atomic mass is 10.1. The van der Waals surface area contributed by atoms with Gasteiger partial charge in [-0.15, -0.1) is 6.58 Å². The summed E-state index contributed by atoms with van der Waals surface area (Å²) in [7, 11) is 1.69. The first-order valence-electron chi connectivity index (χ1n) is 7.65. The van der Waals surface area contributed by atoms with Gasteiger partial charge >= 0.3 is 0 Å². The molecular weight excluding hydrogens is 262 g/mol. The van der Waals surface area contributed by atoms with Gasteiger partial charge in [-0.3, -0.25) is 4.79 Å². The van der Waals surface area contributed by atoms with Crippen LogP contribution >= 0.6 is 0 Å². The molecule has 3 nitrogen and oxygen atoms in total. The highest BCUT2D eigenvalue weighted by atomic mass is 16.5. The Morgan fingerprint density at radius 1 is 1.29 bits per heavy atom. The summed E-state index contributed by atoms with van der Waals surface area (Å²) in [6.45, 7) is 11.7. The van der Waals surface area contributed by atoms with E-state index in [9.17, 15) is 4.79 Å². The van der Waals surface area contributed by atoms with E-state index in [4.69, 9.17) is 4.74 Å². The lowest BCUT2D eigenvalue weighted by molar-refractivity contribution is -0.117. The fourth-order valence-corrected chi connectivity index (χ4v) is 2.07. The van der Waals surface area contributed by atoms with E-state index < -0.39 is 0 Å². The largest absolute Gasteiger partial charge is 0.496 e. The average molecular weight is 291 g/mol. The van der Waals surface area contributed by atoms with Gasteiger partial charge in [0.05, 0.1) is 7.11 Å². The van der Waals surface area contributed by atoms with Gasteiger partial charge in [-0.2, -0.15) is 0 Å². The molecule has 0 unspecified atom stereocenters. The van der Waals surface area contributed by atoms with E-state index in [0.29, 0.717) is 0 Å². The van der Waals surface area contributed by atoms with Crippen molar-refractivity contribution in [2.24, 2.45) is 0 Å². The molecule has 1 saturated heterocycles. The van der Waals surface area contributed by atoms with Gasteiger partial charge in [0.25, 0.3) is 0 Å². The number of nitrogens with zero attached hydrogens (tertiary/aromatic N) is 1. The van der Waals surface area contributed by atoms with Crippen molar-refractivity contribution in [1.29, 1.82) is 0 Å². The number of aryl methyl sites for hydroxylation is 1. The van der Waals surface area contributed by atoms with Crippen LogP contribution in [0, 0.1) is 6.92 Å². The second-order valence-corrected chi connectivity index (χ2v) is 4.66. The van der Waals surface area contributed by atoms with Gasteiger partial charge in [0, 0.05) is 13.1 Å². The first-order chi connectivity index (χ1) is 10.2. The Balaban J connectivity index is 0.000000377. The van der Waals surface area contributed by atoms with Crippen LogP contribution in [0.25, 0.3) is 0 Å². The number of carbonyl (C=O) groups excluding carboxylic acids is 1. The predicted molar refractivity (Wildman–Crippen MR) is 89.9 cm³/mol. The number of benzene rings is 1. The third kappa shape index (κ3) is 7.54. The molecule has 0 saturated carbocycles. The molecule has 0 aliphatic carbocycles. The lowest BCUT2D eigenvalue weighted by Gasteiger charge is -2.06. The summed E-state index contributed by atoms with van der Waals surface area (Å²) in [5, 5.41) is 0. The highest BCUT2D eigenvalue weighted by molar-refractivity contribution is 5.47. The van der Waals surface area contributed by atoms with Crippen molar-refractivity contribution in [1.82, 2.24) is 4.90 Å². The van der Waals surface area contributed by atoms with Gasteiger partial charge < -0.3 is 9.64 Å². The number of hydrogen-bond donors (Lipinski definition) is 0. The predicted octanol–water partition coefficient (Wildman–Crippen LogP) is 4.00. The Morgan fingerprint density at radius 2 is 1.90 bits per heavy atom. The van der Waals surface area contributed by atoms with Crippen molar-refractivity contribution < 1.29 is 9.53 Å². The van der Waals surface area contributed by atoms with Gasteiger partial charge in [-0.25, -0.2) is 0 Å². The van der Waals surface area contributed by atoms with Crippen LogP contribution in [0.3, 0.4) is 0 Å². The van der Waals surface area contributed by atoms with E-state index >= 15 is 0 Å². The average Bonchev–Trinajstić information content (AvgIpc) is 3.04. The Morgan fingerprint density at radius 3 is 2.33 bits per heavy atom. The van der Waals surface area contributed by atoms with E-state index in [2.05, 4.69) is 19.6 Å². The fraction of sp³-hybridized carbons (Fsp3) is 0.500. The summed E-state index contributed by atoms with van der Waals surface area (Å²) in [4.78, 5) is 11.7.